The first-order chi connectivity index (χ1) is 7.66. The van der Waals surface area contributed by atoms with Crippen molar-refractivity contribution in [1.82, 2.24) is 4.98 Å². The maximum atomic E-state index is 12.1. The van der Waals surface area contributed by atoms with Gasteiger partial charge in [-0.15, -0.1) is 0 Å². The van der Waals surface area contributed by atoms with E-state index in [-0.39, 0.29) is 15.8 Å². The Morgan fingerprint density at radius 2 is 1.94 bits per heavy atom. The molecule has 0 aliphatic carbocycles. The molecule has 0 radical (unpaired) electrons. The van der Waals surface area contributed by atoms with E-state index in [1.807, 2.05) is 0 Å². The number of anilines is 1. The maximum absolute atomic E-state index is 12.1. The molecule has 1 heterocycles. The van der Waals surface area contributed by atoms with Gasteiger partial charge in [0.05, 0.1) is 4.90 Å². The number of oxazole rings is 1. The van der Waals surface area contributed by atoms with E-state index in [0.29, 0.717) is 0 Å². The van der Waals surface area contributed by atoms with E-state index in [1.54, 1.807) is 25.2 Å². The van der Waals surface area contributed by atoms with Crippen molar-refractivity contribution in [1.29, 1.82) is 0 Å². The van der Waals surface area contributed by atoms with Crippen molar-refractivity contribution in [2.45, 2.75) is 9.99 Å². The molecule has 0 spiro atoms. The Labute approximate surface area is 93.0 Å². The summed E-state index contributed by atoms with van der Waals surface area (Å²) in [6.45, 7) is 0. The van der Waals surface area contributed by atoms with Crippen molar-refractivity contribution in [3.63, 3.8) is 0 Å². The molecule has 0 fully saturated rings. The van der Waals surface area contributed by atoms with E-state index in [1.165, 1.54) is 12.1 Å². The summed E-state index contributed by atoms with van der Waals surface area (Å²) in [5.41, 5.74) is 0. The Kier molecular flexibility index (Phi) is 2.66. The minimum absolute atomic E-state index is 0.166. The van der Waals surface area contributed by atoms with Gasteiger partial charge in [0, 0.05) is 7.05 Å². The fourth-order valence-electron chi connectivity index (χ4n) is 1.30. The van der Waals surface area contributed by atoms with Crippen LogP contribution in [0.4, 0.5) is 5.82 Å². The molecule has 2 aromatic rings. The lowest BCUT2D eigenvalue weighted by Gasteiger charge is -2.02. The van der Waals surface area contributed by atoms with E-state index in [9.17, 15) is 8.42 Å². The van der Waals surface area contributed by atoms with Gasteiger partial charge in [-0.25, -0.2) is 8.42 Å². The van der Waals surface area contributed by atoms with Crippen LogP contribution in [-0.4, -0.2) is 20.4 Å². The summed E-state index contributed by atoms with van der Waals surface area (Å²) in [4.78, 5) is 3.95. The van der Waals surface area contributed by atoms with Crippen LogP contribution in [0.25, 0.3) is 0 Å². The monoisotopic (exact) mass is 238 g/mol. The molecule has 84 valence electrons. The van der Waals surface area contributed by atoms with Crippen molar-refractivity contribution in [2.75, 3.05) is 12.4 Å². The molecule has 5 nitrogen and oxygen atoms in total. The first-order valence-electron chi connectivity index (χ1n) is 4.57. The highest BCUT2D eigenvalue weighted by molar-refractivity contribution is 7.91. The Hall–Kier alpha value is -1.82. The van der Waals surface area contributed by atoms with Gasteiger partial charge in [0.1, 0.15) is 0 Å². The molecule has 0 amide bonds. The third-order valence-electron chi connectivity index (χ3n) is 2.07. The highest BCUT2D eigenvalue weighted by Gasteiger charge is 2.25. The van der Waals surface area contributed by atoms with Gasteiger partial charge in [-0.05, 0) is 12.1 Å². The molecule has 2 rings (SSSR count). The minimum atomic E-state index is -3.63. The summed E-state index contributed by atoms with van der Waals surface area (Å²) in [7, 11) is -2.04. The average molecular weight is 238 g/mol. The second-order valence-corrected chi connectivity index (χ2v) is 4.90. The van der Waals surface area contributed by atoms with E-state index < -0.39 is 9.84 Å². The fraction of sp³-hybridized carbons (Fsp3) is 0.100. The predicted octanol–water partition coefficient (Wildman–Crippen LogP) is 1.55. The van der Waals surface area contributed by atoms with Crippen LogP contribution in [-0.2, 0) is 9.84 Å². The van der Waals surface area contributed by atoms with Crippen molar-refractivity contribution >= 4 is 15.7 Å². The van der Waals surface area contributed by atoms with Crippen LogP contribution in [0.2, 0.25) is 0 Å². The quantitative estimate of drug-likeness (QED) is 0.878. The van der Waals surface area contributed by atoms with Gasteiger partial charge in [0.25, 0.3) is 5.09 Å². The summed E-state index contributed by atoms with van der Waals surface area (Å²) >= 11 is 0. The molecule has 0 atom stereocenters. The molecule has 0 saturated heterocycles. The Balaban J connectivity index is 2.56. The van der Waals surface area contributed by atoms with Gasteiger partial charge in [-0.2, -0.15) is 4.98 Å². The van der Waals surface area contributed by atoms with Crippen molar-refractivity contribution in [3.8, 4) is 0 Å². The normalized spacial score (nSPS) is 11.3. The molecule has 1 aromatic heterocycles. The molecular formula is C10H10N2O3S. The van der Waals surface area contributed by atoms with Gasteiger partial charge in [-0.3, -0.25) is 0 Å². The summed E-state index contributed by atoms with van der Waals surface area (Å²) in [6.07, 6.45) is 1.10. The zero-order chi connectivity index (χ0) is 11.6. The molecule has 0 aliphatic rings. The first kappa shape index (κ1) is 10.7. The minimum Gasteiger partial charge on any atom is -0.430 e. The highest BCUT2D eigenvalue weighted by Crippen LogP contribution is 2.25. The lowest BCUT2D eigenvalue weighted by Crippen LogP contribution is -2.03. The zero-order valence-corrected chi connectivity index (χ0v) is 9.36. The standard InChI is InChI=1S/C10H10N2O3S/c1-11-9-10(15-7-12-9)16(13,14)8-5-3-2-4-6-8/h2-7,11H,1H3. The number of aromatic nitrogens is 1. The summed E-state index contributed by atoms with van der Waals surface area (Å²) < 4.78 is 29.1. The number of nitrogens with zero attached hydrogens (tertiary/aromatic N) is 1. The molecule has 6 heteroatoms. The Morgan fingerprint density at radius 1 is 1.25 bits per heavy atom. The molecule has 0 saturated carbocycles. The van der Waals surface area contributed by atoms with Crippen LogP contribution in [0.5, 0.6) is 0 Å². The van der Waals surface area contributed by atoms with Crippen LogP contribution in [0.15, 0.2) is 51.1 Å². The topological polar surface area (TPSA) is 72.2 Å². The predicted molar refractivity (Wildman–Crippen MR) is 57.9 cm³/mol. The summed E-state index contributed by atoms with van der Waals surface area (Å²) in [5.74, 6) is 0.212. The second-order valence-electron chi connectivity index (χ2n) is 3.05. The highest BCUT2D eigenvalue weighted by atomic mass is 32.2. The van der Waals surface area contributed by atoms with E-state index in [4.69, 9.17) is 4.42 Å². The van der Waals surface area contributed by atoms with Crippen LogP contribution in [0, 0.1) is 0 Å². The Morgan fingerprint density at radius 3 is 2.56 bits per heavy atom. The third-order valence-corrected chi connectivity index (χ3v) is 3.74. The maximum Gasteiger partial charge on any atom is 0.267 e. The van der Waals surface area contributed by atoms with Crippen LogP contribution >= 0.6 is 0 Å². The molecule has 0 aliphatic heterocycles. The molecule has 1 N–H and O–H groups in total. The third kappa shape index (κ3) is 1.67. The van der Waals surface area contributed by atoms with Gasteiger partial charge in [0.2, 0.25) is 9.84 Å². The second kappa shape index (κ2) is 3.97. The number of hydrogen-bond donors (Lipinski definition) is 1. The smallest absolute Gasteiger partial charge is 0.267 e. The molecule has 0 unspecified atom stereocenters. The lowest BCUT2D eigenvalue weighted by atomic mass is 10.4. The number of hydrogen-bond acceptors (Lipinski definition) is 5. The SMILES string of the molecule is CNc1ncoc1S(=O)(=O)c1ccccc1. The first-order valence-corrected chi connectivity index (χ1v) is 6.06. The summed E-state index contributed by atoms with van der Waals surface area (Å²) in [5, 5.41) is 2.50. The number of nitrogens with one attached hydrogen (secondary N) is 1. The zero-order valence-electron chi connectivity index (χ0n) is 8.54. The molecule has 0 bridgehead atoms. The summed E-state index contributed by atoms with van der Waals surface area (Å²) in [6, 6.07) is 8.08. The van der Waals surface area contributed by atoms with Crippen LogP contribution < -0.4 is 5.32 Å². The fourth-order valence-corrected chi connectivity index (χ4v) is 2.61. The van der Waals surface area contributed by atoms with Crippen LogP contribution in [0.1, 0.15) is 0 Å². The molecule has 16 heavy (non-hydrogen) atoms. The van der Waals surface area contributed by atoms with Crippen molar-refractivity contribution in [3.05, 3.63) is 36.7 Å². The number of rotatable bonds is 3. The molecular weight excluding hydrogens is 228 g/mol. The lowest BCUT2D eigenvalue weighted by molar-refractivity contribution is 0.448. The van der Waals surface area contributed by atoms with E-state index in [2.05, 4.69) is 10.3 Å². The van der Waals surface area contributed by atoms with Gasteiger partial charge in [0.15, 0.2) is 12.2 Å². The van der Waals surface area contributed by atoms with Gasteiger partial charge >= 0.3 is 0 Å². The van der Waals surface area contributed by atoms with Gasteiger partial charge < -0.3 is 9.73 Å². The van der Waals surface area contributed by atoms with Crippen LogP contribution in [0.3, 0.4) is 0 Å². The van der Waals surface area contributed by atoms with E-state index in [0.717, 1.165) is 6.39 Å². The van der Waals surface area contributed by atoms with Gasteiger partial charge in [-0.1, -0.05) is 18.2 Å². The Bertz CT molecular complexity index is 575. The van der Waals surface area contributed by atoms with E-state index >= 15 is 0 Å². The molecule has 1 aromatic carbocycles. The van der Waals surface area contributed by atoms with Crippen molar-refractivity contribution < 1.29 is 12.8 Å². The largest absolute Gasteiger partial charge is 0.430 e. The number of sulfone groups is 1. The van der Waals surface area contributed by atoms with Crippen molar-refractivity contribution in [2.24, 2.45) is 0 Å². The number of benzene rings is 1. The average Bonchev–Trinajstić information content (AvgIpc) is 2.79.